The summed E-state index contributed by atoms with van der Waals surface area (Å²) in [6.07, 6.45) is -0.505. The number of likely N-dealkylation sites (N-methyl/N-ethyl adjacent to an activating group) is 1. The van der Waals surface area contributed by atoms with Crippen molar-refractivity contribution < 1.29 is 9.84 Å². The molecule has 0 radical (unpaired) electrons. The number of hydrogen-bond donors (Lipinski definition) is 1. The largest absolute Gasteiger partial charge is 0.497 e. The van der Waals surface area contributed by atoms with Gasteiger partial charge in [-0.05, 0) is 31.7 Å². The van der Waals surface area contributed by atoms with Gasteiger partial charge in [0.15, 0.2) is 0 Å². The van der Waals surface area contributed by atoms with Crippen LogP contribution in [0.25, 0.3) is 0 Å². The molecule has 1 aromatic rings. The van der Waals surface area contributed by atoms with Gasteiger partial charge >= 0.3 is 0 Å². The molecule has 1 unspecified atom stereocenters. The number of nitrogens with zero attached hydrogens (tertiary/aromatic N) is 1. The fourth-order valence-corrected chi connectivity index (χ4v) is 1.77. The van der Waals surface area contributed by atoms with E-state index in [-0.39, 0.29) is 0 Å². The molecule has 0 saturated heterocycles. The zero-order chi connectivity index (χ0) is 12.8. The van der Waals surface area contributed by atoms with Crippen molar-refractivity contribution >= 4 is 0 Å². The molecule has 1 atom stereocenters. The van der Waals surface area contributed by atoms with Gasteiger partial charge in [0.25, 0.3) is 0 Å². The lowest BCUT2D eigenvalue weighted by Gasteiger charge is -2.21. The quantitative estimate of drug-likeness (QED) is 0.768. The first kappa shape index (κ1) is 13.7. The molecule has 0 aliphatic carbocycles. The first-order valence-electron chi connectivity index (χ1n) is 5.68. The lowest BCUT2D eigenvalue weighted by atomic mass is 10.1. The van der Waals surface area contributed by atoms with Crippen LogP contribution in [0.5, 0.6) is 5.75 Å². The summed E-state index contributed by atoms with van der Waals surface area (Å²) in [7, 11) is 3.59. The Balaban J connectivity index is 2.62. The van der Waals surface area contributed by atoms with E-state index >= 15 is 0 Å². The zero-order valence-corrected chi connectivity index (χ0v) is 10.8. The minimum atomic E-state index is -0.505. The molecule has 1 N–H and O–H groups in total. The molecule has 0 fully saturated rings. The molecule has 0 saturated carbocycles. The van der Waals surface area contributed by atoms with Gasteiger partial charge < -0.3 is 9.84 Å². The summed E-state index contributed by atoms with van der Waals surface area (Å²) in [5, 5.41) is 10.1. The Kier molecular flexibility index (Phi) is 5.19. The minimum absolute atomic E-state index is 0.505. The van der Waals surface area contributed by atoms with E-state index < -0.39 is 6.10 Å². The van der Waals surface area contributed by atoms with E-state index in [2.05, 4.69) is 6.58 Å². The van der Waals surface area contributed by atoms with Gasteiger partial charge in [-0.1, -0.05) is 24.3 Å². The van der Waals surface area contributed by atoms with Crippen LogP contribution in [0.2, 0.25) is 0 Å². The number of methoxy groups -OCH3 is 1. The summed E-state index contributed by atoms with van der Waals surface area (Å²) in [5.74, 6) is 0.768. The predicted octanol–water partition coefficient (Wildman–Crippen LogP) is 2.24. The molecule has 0 amide bonds. The van der Waals surface area contributed by atoms with E-state index in [9.17, 15) is 5.11 Å². The molecule has 0 spiro atoms. The van der Waals surface area contributed by atoms with Crippen molar-refractivity contribution in [2.45, 2.75) is 13.0 Å². The predicted molar refractivity (Wildman–Crippen MR) is 70.3 cm³/mol. The van der Waals surface area contributed by atoms with Crippen molar-refractivity contribution in [3.8, 4) is 5.75 Å². The zero-order valence-electron chi connectivity index (χ0n) is 10.8. The Hall–Kier alpha value is -1.32. The van der Waals surface area contributed by atoms with Gasteiger partial charge in [0, 0.05) is 13.1 Å². The highest BCUT2D eigenvalue weighted by Crippen LogP contribution is 2.19. The number of aliphatic hydroxyl groups excluding tert-OH is 1. The van der Waals surface area contributed by atoms with E-state index in [1.165, 1.54) is 0 Å². The number of aliphatic hydroxyl groups is 1. The van der Waals surface area contributed by atoms with Crippen LogP contribution in [0.3, 0.4) is 0 Å². The van der Waals surface area contributed by atoms with Gasteiger partial charge in [0.2, 0.25) is 0 Å². The van der Waals surface area contributed by atoms with Crippen LogP contribution >= 0.6 is 0 Å². The van der Waals surface area contributed by atoms with Crippen LogP contribution < -0.4 is 4.74 Å². The van der Waals surface area contributed by atoms with Gasteiger partial charge in [0.1, 0.15) is 5.75 Å². The average molecular weight is 235 g/mol. The van der Waals surface area contributed by atoms with Gasteiger partial charge in [-0.3, -0.25) is 4.90 Å². The maximum absolute atomic E-state index is 10.1. The van der Waals surface area contributed by atoms with Crippen molar-refractivity contribution in [2.24, 2.45) is 0 Å². The summed E-state index contributed by atoms with van der Waals surface area (Å²) >= 11 is 0. The second-order valence-corrected chi connectivity index (χ2v) is 4.45. The first-order valence-corrected chi connectivity index (χ1v) is 5.68. The second kappa shape index (κ2) is 6.42. The smallest absolute Gasteiger partial charge is 0.119 e. The Bertz CT molecular complexity index is 376. The topological polar surface area (TPSA) is 32.7 Å². The normalized spacial score (nSPS) is 12.5. The van der Waals surface area contributed by atoms with Crippen LogP contribution in [-0.2, 0) is 0 Å². The SMILES string of the molecule is C=C(C)CN(C)CC(O)c1cccc(OC)c1. The average Bonchev–Trinajstić information content (AvgIpc) is 2.27. The van der Waals surface area contributed by atoms with E-state index in [1.54, 1.807) is 7.11 Å². The number of ether oxygens (including phenoxy) is 1. The minimum Gasteiger partial charge on any atom is -0.497 e. The Morgan fingerprint density at radius 1 is 1.53 bits per heavy atom. The Labute approximate surface area is 103 Å². The molecule has 0 bridgehead atoms. The third kappa shape index (κ3) is 4.59. The van der Waals surface area contributed by atoms with Gasteiger partial charge in [-0.2, -0.15) is 0 Å². The van der Waals surface area contributed by atoms with E-state index in [0.717, 1.165) is 23.4 Å². The van der Waals surface area contributed by atoms with Crippen LogP contribution in [0.4, 0.5) is 0 Å². The number of benzene rings is 1. The van der Waals surface area contributed by atoms with Gasteiger partial charge in [-0.15, -0.1) is 0 Å². The molecular weight excluding hydrogens is 214 g/mol. The van der Waals surface area contributed by atoms with Crippen LogP contribution in [0.1, 0.15) is 18.6 Å². The fourth-order valence-electron chi connectivity index (χ4n) is 1.77. The first-order chi connectivity index (χ1) is 8.02. The molecule has 17 heavy (non-hydrogen) atoms. The lowest BCUT2D eigenvalue weighted by Crippen LogP contribution is -2.26. The molecule has 0 aliphatic heterocycles. The number of rotatable bonds is 6. The second-order valence-electron chi connectivity index (χ2n) is 4.45. The van der Waals surface area contributed by atoms with Crippen LogP contribution in [-0.4, -0.2) is 37.3 Å². The van der Waals surface area contributed by atoms with Crippen molar-refractivity contribution in [1.29, 1.82) is 0 Å². The van der Waals surface area contributed by atoms with Crippen LogP contribution in [0.15, 0.2) is 36.4 Å². The summed E-state index contributed by atoms with van der Waals surface area (Å²) in [6, 6.07) is 7.52. The summed E-state index contributed by atoms with van der Waals surface area (Å²) < 4.78 is 5.14. The molecule has 94 valence electrons. The molecular formula is C14H21NO2. The third-order valence-electron chi connectivity index (χ3n) is 2.50. The highest BCUT2D eigenvalue weighted by molar-refractivity contribution is 5.29. The summed E-state index contributed by atoms with van der Waals surface area (Å²) in [4.78, 5) is 2.05. The maximum Gasteiger partial charge on any atom is 0.119 e. The highest BCUT2D eigenvalue weighted by atomic mass is 16.5. The van der Waals surface area contributed by atoms with Gasteiger partial charge in [-0.25, -0.2) is 0 Å². The molecule has 3 nitrogen and oxygen atoms in total. The fraction of sp³-hybridized carbons (Fsp3) is 0.429. The van der Waals surface area contributed by atoms with Crippen molar-refractivity contribution in [3.63, 3.8) is 0 Å². The molecule has 0 aromatic heterocycles. The summed E-state index contributed by atoms with van der Waals surface area (Å²) in [5.41, 5.74) is 1.96. The van der Waals surface area contributed by atoms with Crippen molar-refractivity contribution in [3.05, 3.63) is 42.0 Å². The van der Waals surface area contributed by atoms with Gasteiger partial charge in [0.05, 0.1) is 13.2 Å². The Morgan fingerprint density at radius 2 is 2.24 bits per heavy atom. The third-order valence-corrected chi connectivity index (χ3v) is 2.50. The van der Waals surface area contributed by atoms with Crippen molar-refractivity contribution in [2.75, 3.05) is 27.2 Å². The standard InChI is InChI=1S/C14H21NO2/c1-11(2)9-15(3)10-14(16)12-6-5-7-13(8-12)17-4/h5-8,14,16H,1,9-10H2,2-4H3. The molecule has 1 rings (SSSR count). The monoisotopic (exact) mass is 235 g/mol. The maximum atomic E-state index is 10.1. The molecule has 0 heterocycles. The van der Waals surface area contributed by atoms with E-state index in [1.807, 2.05) is 43.1 Å². The highest BCUT2D eigenvalue weighted by Gasteiger charge is 2.11. The van der Waals surface area contributed by atoms with Crippen molar-refractivity contribution in [1.82, 2.24) is 4.90 Å². The molecule has 3 heteroatoms. The molecule has 1 aromatic carbocycles. The number of hydrogen-bond acceptors (Lipinski definition) is 3. The lowest BCUT2D eigenvalue weighted by molar-refractivity contribution is 0.131. The van der Waals surface area contributed by atoms with Crippen LogP contribution in [0, 0.1) is 0 Å². The van der Waals surface area contributed by atoms with E-state index in [0.29, 0.717) is 6.54 Å². The Morgan fingerprint density at radius 3 is 2.82 bits per heavy atom. The van der Waals surface area contributed by atoms with E-state index in [4.69, 9.17) is 4.74 Å². The molecule has 0 aliphatic rings. The summed E-state index contributed by atoms with van der Waals surface area (Å²) in [6.45, 7) is 7.22.